The molecule has 0 amide bonds. The molecular formula is C14H19N3. The molecule has 3 heteroatoms. The van der Waals surface area contributed by atoms with Gasteiger partial charge in [-0.1, -0.05) is 30.3 Å². The standard InChI is InChI=1S/C14H19N3/c1-12-6-5-9-17(12)11-14(16,10-15)13-7-3-2-4-8-13/h2-4,7-8,12H,5-6,9,11,16H2,1H3. The largest absolute Gasteiger partial charge is 0.309 e. The van der Waals surface area contributed by atoms with Crippen LogP contribution in [0.3, 0.4) is 0 Å². The first kappa shape index (κ1) is 12.1. The van der Waals surface area contributed by atoms with Gasteiger partial charge >= 0.3 is 0 Å². The fraction of sp³-hybridized carbons (Fsp3) is 0.500. The minimum Gasteiger partial charge on any atom is -0.309 e. The minimum atomic E-state index is -0.889. The monoisotopic (exact) mass is 229 g/mol. The molecule has 0 aliphatic carbocycles. The summed E-state index contributed by atoms with van der Waals surface area (Å²) >= 11 is 0. The van der Waals surface area contributed by atoms with Gasteiger partial charge in [0.1, 0.15) is 5.54 Å². The third-order valence-corrected chi connectivity index (χ3v) is 3.63. The van der Waals surface area contributed by atoms with Crippen molar-refractivity contribution in [3.05, 3.63) is 35.9 Å². The highest BCUT2D eigenvalue weighted by Gasteiger charge is 2.33. The Balaban J connectivity index is 2.18. The maximum atomic E-state index is 9.38. The molecule has 0 aromatic heterocycles. The van der Waals surface area contributed by atoms with Gasteiger partial charge in [-0.05, 0) is 31.9 Å². The number of likely N-dealkylation sites (tertiary alicyclic amines) is 1. The summed E-state index contributed by atoms with van der Waals surface area (Å²) < 4.78 is 0. The average Bonchev–Trinajstić information content (AvgIpc) is 2.76. The SMILES string of the molecule is CC1CCCN1CC(N)(C#N)c1ccccc1. The smallest absolute Gasteiger partial charge is 0.142 e. The maximum absolute atomic E-state index is 9.38. The topological polar surface area (TPSA) is 53.0 Å². The second-order valence-electron chi connectivity index (χ2n) is 4.91. The zero-order valence-corrected chi connectivity index (χ0v) is 10.3. The maximum Gasteiger partial charge on any atom is 0.142 e. The molecule has 1 aliphatic rings. The molecule has 1 aromatic rings. The summed E-state index contributed by atoms with van der Waals surface area (Å²) in [5.74, 6) is 0. The molecule has 1 aromatic carbocycles. The normalized spacial score (nSPS) is 24.2. The minimum absolute atomic E-state index is 0.537. The van der Waals surface area contributed by atoms with Crippen LogP contribution in [0, 0.1) is 11.3 Å². The van der Waals surface area contributed by atoms with E-state index in [2.05, 4.69) is 17.9 Å². The molecule has 1 fully saturated rings. The number of nitrogens with zero attached hydrogens (tertiary/aromatic N) is 2. The second-order valence-corrected chi connectivity index (χ2v) is 4.91. The molecule has 17 heavy (non-hydrogen) atoms. The van der Waals surface area contributed by atoms with Crippen LogP contribution >= 0.6 is 0 Å². The van der Waals surface area contributed by atoms with Crippen molar-refractivity contribution in [2.45, 2.75) is 31.3 Å². The van der Waals surface area contributed by atoms with Crippen molar-refractivity contribution in [3.63, 3.8) is 0 Å². The Morgan fingerprint density at radius 3 is 2.71 bits per heavy atom. The van der Waals surface area contributed by atoms with Gasteiger partial charge in [0.2, 0.25) is 0 Å². The lowest BCUT2D eigenvalue weighted by Crippen LogP contribution is -2.47. The molecule has 2 atom stereocenters. The summed E-state index contributed by atoms with van der Waals surface area (Å²) in [6, 6.07) is 12.5. The van der Waals surface area contributed by atoms with Gasteiger partial charge < -0.3 is 5.73 Å². The molecule has 90 valence electrons. The van der Waals surface area contributed by atoms with E-state index in [0.717, 1.165) is 12.1 Å². The van der Waals surface area contributed by atoms with Gasteiger partial charge in [0.15, 0.2) is 0 Å². The lowest BCUT2D eigenvalue weighted by Gasteiger charge is -2.30. The van der Waals surface area contributed by atoms with E-state index in [0.29, 0.717) is 12.6 Å². The van der Waals surface area contributed by atoms with Crippen molar-refractivity contribution in [1.29, 1.82) is 5.26 Å². The first-order chi connectivity index (χ1) is 8.15. The first-order valence-electron chi connectivity index (χ1n) is 6.15. The summed E-state index contributed by atoms with van der Waals surface area (Å²) in [4.78, 5) is 2.32. The van der Waals surface area contributed by atoms with Gasteiger partial charge in [0, 0.05) is 12.6 Å². The lowest BCUT2D eigenvalue weighted by atomic mass is 9.92. The molecule has 3 nitrogen and oxygen atoms in total. The highest BCUT2D eigenvalue weighted by atomic mass is 15.2. The summed E-state index contributed by atoms with van der Waals surface area (Å²) in [6.45, 7) is 3.87. The quantitative estimate of drug-likeness (QED) is 0.860. The second kappa shape index (κ2) is 4.87. The van der Waals surface area contributed by atoms with Crippen molar-refractivity contribution >= 4 is 0 Å². The number of nitrogens with two attached hydrogens (primary N) is 1. The van der Waals surface area contributed by atoms with Gasteiger partial charge in [-0.3, -0.25) is 4.90 Å². The lowest BCUT2D eigenvalue weighted by molar-refractivity contribution is 0.229. The van der Waals surface area contributed by atoms with Crippen LogP contribution in [0.5, 0.6) is 0 Å². The van der Waals surface area contributed by atoms with Gasteiger partial charge in [-0.25, -0.2) is 0 Å². The van der Waals surface area contributed by atoms with Crippen LogP contribution in [0.4, 0.5) is 0 Å². The fourth-order valence-electron chi connectivity index (χ4n) is 2.47. The summed E-state index contributed by atoms with van der Waals surface area (Å²) in [7, 11) is 0. The summed E-state index contributed by atoms with van der Waals surface area (Å²) in [5, 5.41) is 9.38. The molecule has 2 N–H and O–H groups in total. The highest BCUT2D eigenvalue weighted by Crippen LogP contribution is 2.24. The van der Waals surface area contributed by atoms with Crippen LogP contribution in [0.15, 0.2) is 30.3 Å². The molecular weight excluding hydrogens is 210 g/mol. The molecule has 0 bridgehead atoms. The molecule has 1 saturated heterocycles. The first-order valence-corrected chi connectivity index (χ1v) is 6.15. The molecule has 1 aliphatic heterocycles. The van der Waals surface area contributed by atoms with E-state index in [-0.39, 0.29) is 0 Å². The third kappa shape index (κ3) is 2.49. The van der Waals surface area contributed by atoms with Crippen LogP contribution in [-0.4, -0.2) is 24.0 Å². The van der Waals surface area contributed by atoms with Crippen molar-refractivity contribution in [2.24, 2.45) is 5.73 Å². The zero-order valence-electron chi connectivity index (χ0n) is 10.3. The number of hydrogen-bond donors (Lipinski definition) is 1. The highest BCUT2D eigenvalue weighted by molar-refractivity contribution is 5.31. The molecule has 0 spiro atoms. The Labute approximate surface area is 103 Å². The number of nitriles is 1. The number of benzene rings is 1. The molecule has 0 radical (unpaired) electrons. The third-order valence-electron chi connectivity index (χ3n) is 3.63. The predicted molar refractivity (Wildman–Crippen MR) is 68.2 cm³/mol. The van der Waals surface area contributed by atoms with E-state index in [1.807, 2.05) is 30.3 Å². The van der Waals surface area contributed by atoms with E-state index >= 15 is 0 Å². The Hall–Kier alpha value is -1.37. The number of hydrogen-bond acceptors (Lipinski definition) is 3. The van der Waals surface area contributed by atoms with Crippen molar-refractivity contribution < 1.29 is 0 Å². The van der Waals surface area contributed by atoms with Crippen LogP contribution in [0.25, 0.3) is 0 Å². The molecule has 0 saturated carbocycles. The van der Waals surface area contributed by atoms with Gasteiger partial charge in [0.25, 0.3) is 0 Å². The molecule has 1 heterocycles. The Bertz CT molecular complexity index is 409. The molecule has 2 unspecified atom stereocenters. The van der Waals surface area contributed by atoms with Crippen molar-refractivity contribution in [2.75, 3.05) is 13.1 Å². The fourth-order valence-corrected chi connectivity index (χ4v) is 2.47. The Kier molecular flexibility index (Phi) is 3.46. The van der Waals surface area contributed by atoms with Gasteiger partial charge in [-0.2, -0.15) is 5.26 Å². The van der Waals surface area contributed by atoms with Crippen molar-refractivity contribution in [1.82, 2.24) is 4.90 Å². The Morgan fingerprint density at radius 2 is 2.18 bits per heavy atom. The van der Waals surface area contributed by atoms with Crippen molar-refractivity contribution in [3.8, 4) is 6.07 Å². The number of rotatable bonds is 3. The van der Waals surface area contributed by atoms with E-state index < -0.39 is 5.54 Å². The van der Waals surface area contributed by atoms with E-state index in [1.54, 1.807) is 0 Å². The van der Waals surface area contributed by atoms with Crippen LogP contribution in [0.1, 0.15) is 25.3 Å². The summed E-state index contributed by atoms with van der Waals surface area (Å²) in [5.41, 5.74) is 6.27. The predicted octanol–water partition coefficient (Wildman–Crippen LogP) is 1.85. The van der Waals surface area contributed by atoms with Crippen LogP contribution < -0.4 is 5.73 Å². The average molecular weight is 229 g/mol. The summed E-state index contributed by atoms with van der Waals surface area (Å²) in [6.07, 6.45) is 2.41. The van der Waals surface area contributed by atoms with E-state index in [1.165, 1.54) is 12.8 Å². The van der Waals surface area contributed by atoms with Crippen LogP contribution in [-0.2, 0) is 5.54 Å². The molecule has 2 rings (SSSR count). The van der Waals surface area contributed by atoms with Crippen LogP contribution in [0.2, 0.25) is 0 Å². The van der Waals surface area contributed by atoms with E-state index in [9.17, 15) is 5.26 Å². The Morgan fingerprint density at radius 1 is 1.47 bits per heavy atom. The van der Waals surface area contributed by atoms with Gasteiger partial charge in [0.05, 0.1) is 6.07 Å². The zero-order chi connectivity index (χ0) is 12.3. The van der Waals surface area contributed by atoms with E-state index in [4.69, 9.17) is 5.73 Å². The van der Waals surface area contributed by atoms with Gasteiger partial charge in [-0.15, -0.1) is 0 Å².